The van der Waals surface area contributed by atoms with E-state index in [2.05, 4.69) is 25.6 Å². The zero-order valence-corrected chi connectivity index (χ0v) is 18.8. The molecule has 9 nitrogen and oxygen atoms in total. The topological polar surface area (TPSA) is 124 Å². The Labute approximate surface area is 200 Å². The average molecular weight is 481 g/mol. The fourth-order valence-electron chi connectivity index (χ4n) is 4.98. The predicted molar refractivity (Wildman–Crippen MR) is 128 cm³/mol. The molecule has 4 N–H and O–H groups in total. The molecule has 1 saturated heterocycles. The number of hydrogen-bond donors (Lipinski definition) is 3. The number of nitrogens with two attached hydrogens (primary N) is 1. The smallest absolute Gasteiger partial charge is 0.256 e. The maximum atomic E-state index is 15.3. The molecule has 1 saturated carbocycles. The molecule has 1 aliphatic carbocycles. The van der Waals surface area contributed by atoms with Crippen LogP contribution in [0.5, 0.6) is 0 Å². The molecule has 34 heavy (non-hydrogen) atoms. The summed E-state index contributed by atoms with van der Waals surface area (Å²) in [6.07, 6.45) is 5.06. The first-order valence-corrected chi connectivity index (χ1v) is 10.8. The molecule has 3 atom stereocenters. The molecule has 1 aromatic carbocycles. The van der Waals surface area contributed by atoms with Gasteiger partial charge in [-0.15, -0.1) is 12.4 Å². The third-order valence-electron chi connectivity index (χ3n) is 6.52. The summed E-state index contributed by atoms with van der Waals surface area (Å²) in [5.41, 5.74) is 7.56. The highest BCUT2D eigenvalue weighted by Gasteiger charge is 2.42. The fraction of sp³-hybridized carbons (Fsp3) is 0.261. The summed E-state index contributed by atoms with van der Waals surface area (Å²) < 4.78 is 17.2. The van der Waals surface area contributed by atoms with Gasteiger partial charge in [0.2, 0.25) is 0 Å². The molecule has 2 fully saturated rings. The SMILES string of the molecule is Cl.Nc1ncnc2c1c(-c1ccc(C(=O)Nc3ccccn3)cc1F)nn2C1C[C@@H]2CNC1C2. The predicted octanol–water partition coefficient (Wildman–Crippen LogP) is 3.21. The van der Waals surface area contributed by atoms with Crippen molar-refractivity contribution in [1.82, 2.24) is 30.0 Å². The lowest BCUT2D eigenvalue weighted by Crippen LogP contribution is -2.35. The van der Waals surface area contributed by atoms with Gasteiger partial charge in [0.05, 0.1) is 11.4 Å². The lowest BCUT2D eigenvalue weighted by Gasteiger charge is -2.23. The Balaban J connectivity index is 0.00000241. The van der Waals surface area contributed by atoms with Crippen molar-refractivity contribution in [3.05, 3.63) is 60.3 Å². The number of piperidine rings is 1. The summed E-state index contributed by atoms with van der Waals surface area (Å²) in [5, 5.41) is 11.5. The second-order valence-corrected chi connectivity index (χ2v) is 8.53. The lowest BCUT2D eigenvalue weighted by molar-refractivity contribution is 0.102. The molecule has 1 amide bonds. The van der Waals surface area contributed by atoms with E-state index in [-0.39, 0.29) is 35.4 Å². The summed E-state index contributed by atoms with van der Waals surface area (Å²) >= 11 is 0. The van der Waals surface area contributed by atoms with Gasteiger partial charge in [0.15, 0.2) is 5.65 Å². The van der Waals surface area contributed by atoms with Crippen molar-refractivity contribution >= 4 is 41.0 Å². The molecule has 4 aromatic rings. The maximum absolute atomic E-state index is 15.3. The van der Waals surface area contributed by atoms with Crippen molar-refractivity contribution in [3.63, 3.8) is 0 Å². The molecule has 2 unspecified atom stereocenters. The summed E-state index contributed by atoms with van der Waals surface area (Å²) in [7, 11) is 0. The second-order valence-electron chi connectivity index (χ2n) is 8.53. The van der Waals surface area contributed by atoms with E-state index in [0.29, 0.717) is 34.5 Å². The number of nitrogen functional groups attached to an aromatic ring is 1. The number of nitrogens with zero attached hydrogens (tertiary/aromatic N) is 5. The minimum atomic E-state index is -0.579. The molecule has 6 rings (SSSR count). The molecular weight excluding hydrogens is 459 g/mol. The van der Waals surface area contributed by atoms with Gasteiger partial charge in [0.25, 0.3) is 5.91 Å². The third-order valence-corrected chi connectivity index (χ3v) is 6.52. The highest BCUT2D eigenvalue weighted by Crippen LogP contribution is 2.42. The minimum Gasteiger partial charge on any atom is -0.383 e. The number of aromatic nitrogens is 5. The van der Waals surface area contributed by atoms with Crippen LogP contribution < -0.4 is 16.4 Å². The van der Waals surface area contributed by atoms with Gasteiger partial charge in [-0.05, 0) is 55.6 Å². The van der Waals surface area contributed by atoms with Crippen LogP contribution in [0.25, 0.3) is 22.3 Å². The standard InChI is InChI=1S/C23H21FN8O.ClH/c24-15-9-13(23(33)30-18-3-1-2-6-26-18)4-5-14(15)20-19-21(25)28-11-29-22(19)32(31-20)17-8-12-7-16(17)27-10-12;/h1-6,9,11-12,16-17,27H,7-8,10H2,(H2,25,28,29)(H,26,30,33);1H/t12-,16?,17?;/m1./s1. The van der Waals surface area contributed by atoms with Crippen molar-refractivity contribution < 1.29 is 9.18 Å². The Hall–Kier alpha value is -3.63. The number of carbonyl (C=O) groups excluding carboxylic acids is 1. The summed E-state index contributed by atoms with van der Waals surface area (Å²) in [4.78, 5) is 25.1. The minimum absolute atomic E-state index is 0. The summed E-state index contributed by atoms with van der Waals surface area (Å²) in [6.45, 7) is 1.01. The van der Waals surface area contributed by atoms with Gasteiger partial charge in [-0.25, -0.2) is 24.0 Å². The molecule has 0 radical (unpaired) electrons. The van der Waals surface area contributed by atoms with E-state index in [4.69, 9.17) is 10.8 Å². The van der Waals surface area contributed by atoms with Crippen molar-refractivity contribution in [2.75, 3.05) is 17.6 Å². The highest BCUT2D eigenvalue weighted by atomic mass is 35.5. The highest BCUT2D eigenvalue weighted by molar-refractivity contribution is 6.04. The van der Waals surface area contributed by atoms with Crippen LogP contribution >= 0.6 is 12.4 Å². The third kappa shape index (κ3) is 3.64. The summed E-state index contributed by atoms with van der Waals surface area (Å²) in [5.74, 6) is 0.209. The van der Waals surface area contributed by atoms with Crippen LogP contribution in [-0.2, 0) is 0 Å². The summed E-state index contributed by atoms with van der Waals surface area (Å²) in [6, 6.07) is 9.89. The van der Waals surface area contributed by atoms with Crippen LogP contribution in [0.3, 0.4) is 0 Å². The Morgan fingerprint density at radius 1 is 1.18 bits per heavy atom. The van der Waals surface area contributed by atoms with Crippen molar-refractivity contribution in [1.29, 1.82) is 0 Å². The van der Waals surface area contributed by atoms with Gasteiger partial charge in [-0.3, -0.25) is 4.79 Å². The number of carbonyl (C=O) groups is 1. The van der Waals surface area contributed by atoms with Gasteiger partial charge in [0.1, 0.15) is 29.5 Å². The van der Waals surface area contributed by atoms with Gasteiger partial charge in [-0.1, -0.05) is 6.07 Å². The van der Waals surface area contributed by atoms with Gasteiger partial charge in [-0.2, -0.15) is 5.10 Å². The van der Waals surface area contributed by atoms with E-state index in [0.717, 1.165) is 19.4 Å². The first kappa shape index (κ1) is 22.2. The number of fused-ring (bicyclic) bond motifs is 3. The van der Waals surface area contributed by atoms with Crippen molar-refractivity contribution in [3.8, 4) is 11.3 Å². The number of hydrogen-bond acceptors (Lipinski definition) is 7. The lowest BCUT2D eigenvalue weighted by atomic mass is 10.1. The molecule has 174 valence electrons. The zero-order chi connectivity index (χ0) is 22.5. The number of anilines is 2. The van der Waals surface area contributed by atoms with E-state index < -0.39 is 11.7 Å². The molecular formula is C23H22ClFN8O. The Kier molecular flexibility index (Phi) is 5.62. The molecule has 3 aromatic heterocycles. The van der Waals surface area contributed by atoms with Crippen LogP contribution in [-0.4, -0.2) is 43.2 Å². The molecule has 2 bridgehead atoms. The second kappa shape index (κ2) is 8.62. The van der Waals surface area contributed by atoms with Crippen molar-refractivity contribution in [2.45, 2.75) is 24.9 Å². The molecule has 0 spiro atoms. The number of amides is 1. The largest absolute Gasteiger partial charge is 0.383 e. The van der Waals surface area contributed by atoms with E-state index in [1.165, 1.54) is 12.4 Å². The quantitative estimate of drug-likeness (QED) is 0.409. The van der Waals surface area contributed by atoms with E-state index in [1.807, 2.05) is 4.68 Å². The van der Waals surface area contributed by atoms with Crippen LogP contribution in [0, 0.1) is 11.7 Å². The number of nitrogens with one attached hydrogen (secondary N) is 2. The average Bonchev–Trinajstić information content (AvgIpc) is 3.54. The number of rotatable bonds is 4. The first-order valence-electron chi connectivity index (χ1n) is 10.8. The van der Waals surface area contributed by atoms with E-state index >= 15 is 4.39 Å². The first-order chi connectivity index (χ1) is 16.1. The Morgan fingerprint density at radius 3 is 2.76 bits per heavy atom. The zero-order valence-electron chi connectivity index (χ0n) is 18.0. The van der Waals surface area contributed by atoms with E-state index in [9.17, 15) is 4.79 Å². The van der Waals surface area contributed by atoms with Crippen LogP contribution in [0.2, 0.25) is 0 Å². The normalized spacial score (nSPS) is 20.9. The number of halogens is 2. The molecule has 1 aliphatic heterocycles. The maximum Gasteiger partial charge on any atom is 0.256 e. The van der Waals surface area contributed by atoms with Gasteiger partial charge >= 0.3 is 0 Å². The fourth-order valence-corrected chi connectivity index (χ4v) is 4.98. The van der Waals surface area contributed by atoms with Crippen LogP contribution in [0.1, 0.15) is 29.2 Å². The van der Waals surface area contributed by atoms with Crippen LogP contribution in [0.4, 0.5) is 16.0 Å². The number of benzene rings is 1. The van der Waals surface area contributed by atoms with Crippen LogP contribution in [0.15, 0.2) is 48.9 Å². The molecule has 2 aliphatic rings. The van der Waals surface area contributed by atoms with Crippen molar-refractivity contribution in [2.24, 2.45) is 5.92 Å². The van der Waals surface area contributed by atoms with Gasteiger partial charge < -0.3 is 16.4 Å². The number of pyridine rings is 1. The Bertz CT molecular complexity index is 1380. The molecule has 4 heterocycles. The monoisotopic (exact) mass is 480 g/mol. The molecule has 11 heteroatoms. The van der Waals surface area contributed by atoms with E-state index in [1.54, 1.807) is 36.5 Å². The Morgan fingerprint density at radius 2 is 2.06 bits per heavy atom. The van der Waals surface area contributed by atoms with Gasteiger partial charge in [0, 0.05) is 23.4 Å².